The summed E-state index contributed by atoms with van der Waals surface area (Å²) in [4.78, 5) is 28.7. The van der Waals surface area contributed by atoms with Crippen molar-refractivity contribution >= 4 is 34.9 Å². The smallest absolute Gasteiger partial charge is 0.325 e. The van der Waals surface area contributed by atoms with E-state index in [9.17, 15) is 9.59 Å². The second-order valence-electron chi connectivity index (χ2n) is 8.78. The molecule has 33 heavy (non-hydrogen) atoms. The lowest BCUT2D eigenvalue weighted by atomic mass is 9.78. The standard InChI is InChI=1S/C26H24ClN3O3/c1-15-12-16(2)14-19(13-15)30-25(32)29-23-20-6-4-5-7-21(20)33-26(30,3)22(23)24(31)28-18-10-8-17(27)9-11-18/h4-14,22-23H,1-3H3,(H,28,31)(H,29,32)/t22-,23+,26+/m1/s1. The highest BCUT2D eigenvalue weighted by Crippen LogP contribution is 2.49. The van der Waals surface area contributed by atoms with Crippen LogP contribution in [0, 0.1) is 19.8 Å². The molecular formula is C26H24ClN3O3. The number of rotatable bonds is 3. The zero-order chi connectivity index (χ0) is 23.3. The van der Waals surface area contributed by atoms with Gasteiger partial charge in [-0.25, -0.2) is 4.79 Å². The molecule has 6 nitrogen and oxygen atoms in total. The molecule has 0 spiro atoms. The van der Waals surface area contributed by atoms with E-state index in [0.717, 1.165) is 16.7 Å². The van der Waals surface area contributed by atoms with Crippen LogP contribution < -0.4 is 20.3 Å². The molecule has 2 N–H and O–H groups in total. The molecule has 3 atom stereocenters. The second kappa shape index (κ2) is 7.81. The Balaban J connectivity index is 1.62. The van der Waals surface area contributed by atoms with E-state index in [1.165, 1.54) is 0 Å². The summed E-state index contributed by atoms with van der Waals surface area (Å²) in [6.45, 7) is 5.76. The average molecular weight is 462 g/mol. The van der Waals surface area contributed by atoms with Gasteiger partial charge >= 0.3 is 6.03 Å². The van der Waals surface area contributed by atoms with Crippen LogP contribution in [-0.4, -0.2) is 17.7 Å². The summed E-state index contributed by atoms with van der Waals surface area (Å²) in [5, 5.41) is 6.63. The number of ether oxygens (including phenoxy) is 1. The Morgan fingerprint density at radius 2 is 1.73 bits per heavy atom. The van der Waals surface area contributed by atoms with Crippen LogP contribution in [0.5, 0.6) is 5.75 Å². The van der Waals surface area contributed by atoms with E-state index in [-0.39, 0.29) is 11.9 Å². The van der Waals surface area contributed by atoms with Gasteiger partial charge in [0.2, 0.25) is 11.6 Å². The first-order valence-corrected chi connectivity index (χ1v) is 11.2. The number of aryl methyl sites for hydroxylation is 2. The predicted molar refractivity (Wildman–Crippen MR) is 129 cm³/mol. The molecule has 7 heteroatoms. The fourth-order valence-corrected chi connectivity index (χ4v) is 5.08. The van der Waals surface area contributed by atoms with Crippen molar-refractivity contribution < 1.29 is 14.3 Å². The quantitative estimate of drug-likeness (QED) is 0.534. The van der Waals surface area contributed by atoms with Gasteiger partial charge in [0.1, 0.15) is 11.7 Å². The Bertz CT molecular complexity index is 1240. The number of halogens is 1. The van der Waals surface area contributed by atoms with Gasteiger partial charge in [-0.2, -0.15) is 0 Å². The lowest BCUT2D eigenvalue weighted by Gasteiger charge is -2.54. The van der Waals surface area contributed by atoms with Crippen molar-refractivity contribution in [2.24, 2.45) is 5.92 Å². The number of anilines is 2. The van der Waals surface area contributed by atoms with Crippen LogP contribution >= 0.6 is 11.6 Å². The molecule has 2 bridgehead atoms. The summed E-state index contributed by atoms with van der Waals surface area (Å²) in [5.41, 5.74) is 2.85. The molecular weight excluding hydrogens is 438 g/mol. The third kappa shape index (κ3) is 3.60. The van der Waals surface area contributed by atoms with E-state index in [1.807, 2.05) is 56.3 Å². The molecule has 3 aromatic carbocycles. The van der Waals surface area contributed by atoms with Crippen LogP contribution in [0.3, 0.4) is 0 Å². The van der Waals surface area contributed by atoms with Crippen LogP contribution in [-0.2, 0) is 4.79 Å². The maximum Gasteiger partial charge on any atom is 0.325 e. The van der Waals surface area contributed by atoms with Gasteiger partial charge in [0, 0.05) is 22.0 Å². The minimum Gasteiger partial charge on any atom is -0.466 e. The summed E-state index contributed by atoms with van der Waals surface area (Å²) >= 11 is 5.99. The molecule has 5 rings (SSSR count). The number of para-hydroxylation sites is 1. The molecule has 2 aliphatic rings. The number of amides is 3. The molecule has 0 radical (unpaired) electrons. The first kappa shape index (κ1) is 21.3. The van der Waals surface area contributed by atoms with Crippen LogP contribution in [0.2, 0.25) is 5.02 Å². The van der Waals surface area contributed by atoms with Crippen molar-refractivity contribution in [2.75, 3.05) is 10.2 Å². The predicted octanol–water partition coefficient (Wildman–Crippen LogP) is 5.59. The van der Waals surface area contributed by atoms with E-state index < -0.39 is 17.7 Å². The molecule has 1 saturated heterocycles. The maximum absolute atomic E-state index is 13.7. The van der Waals surface area contributed by atoms with Crippen LogP contribution in [0.4, 0.5) is 16.2 Å². The third-order valence-electron chi connectivity index (χ3n) is 6.27. The van der Waals surface area contributed by atoms with E-state index >= 15 is 0 Å². The third-order valence-corrected chi connectivity index (χ3v) is 6.52. The summed E-state index contributed by atoms with van der Waals surface area (Å²) in [6, 6.07) is 19.5. The highest BCUT2D eigenvalue weighted by Gasteiger charge is 2.60. The summed E-state index contributed by atoms with van der Waals surface area (Å²) in [5.74, 6) is -0.329. The van der Waals surface area contributed by atoms with Crippen LogP contribution in [0.1, 0.15) is 29.7 Å². The van der Waals surface area contributed by atoms with Gasteiger partial charge in [-0.15, -0.1) is 0 Å². The van der Waals surface area contributed by atoms with Crippen molar-refractivity contribution in [2.45, 2.75) is 32.5 Å². The Labute approximate surface area is 197 Å². The number of carbonyl (C=O) groups excluding carboxylic acids is 2. The highest BCUT2D eigenvalue weighted by atomic mass is 35.5. The van der Waals surface area contributed by atoms with Crippen molar-refractivity contribution in [3.8, 4) is 5.75 Å². The zero-order valence-corrected chi connectivity index (χ0v) is 19.3. The van der Waals surface area contributed by atoms with Crippen molar-refractivity contribution in [3.63, 3.8) is 0 Å². The molecule has 2 aliphatic heterocycles. The monoisotopic (exact) mass is 461 g/mol. The molecule has 2 heterocycles. The summed E-state index contributed by atoms with van der Waals surface area (Å²) in [7, 11) is 0. The lowest BCUT2D eigenvalue weighted by molar-refractivity contribution is -0.131. The second-order valence-corrected chi connectivity index (χ2v) is 9.21. The molecule has 0 aliphatic carbocycles. The highest BCUT2D eigenvalue weighted by molar-refractivity contribution is 6.30. The first-order chi connectivity index (χ1) is 15.8. The molecule has 0 unspecified atom stereocenters. The van der Waals surface area contributed by atoms with Gasteiger partial charge < -0.3 is 15.4 Å². The molecule has 0 aromatic heterocycles. The van der Waals surface area contributed by atoms with Crippen molar-refractivity contribution in [1.29, 1.82) is 0 Å². The normalized spacial score (nSPS) is 23.3. The number of carbonyl (C=O) groups is 2. The molecule has 3 aromatic rings. The minimum absolute atomic E-state index is 0.256. The lowest BCUT2D eigenvalue weighted by Crippen LogP contribution is -2.72. The van der Waals surface area contributed by atoms with E-state index in [4.69, 9.17) is 16.3 Å². The Morgan fingerprint density at radius 3 is 2.42 bits per heavy atom. The molecule has 3 amide bonds. The summed E-state index contributed by atoms with van der Waals surface area (Å²) < 4.78 is 6.48. The van der Waals surface area contributed by atoms with Gasteiger partial charge in [0.15, 0.2) is 0 Å². The molecule has 168 valence electrons. The number of nitrogens with zero attached hydrogens (tertiary/aromatic N) is 1. The SMILES string of the molecule is Cc1cc(C)cc(N2C(=O)N[C@H]3c4ccccc4O[C@@]2(C)[C@H]3C(=O)Nc2ccc(Cl)cc2)c1. The Hall–Kier alpha value is -3.51. The van der Waals surface area contributed by atoms with E-state index in [0.29, 0.717) is 22.1 Å². The molecule has 1 fully saturated rings. The summed E-state index contributed by atoms with van der Waals surface area (Å²) in [6.07, 6.45) is 0. The van der Waals surface area contributed by atoms with E-state index in [2.05, 4.69) is 10.6 Å². The number of hydrogen-bond acceptors (Lipinski definition) is 3. The fraction of sp³-hybridized carbons (Fsp3) is 0.231. The Kier molecular flexibility index (Phi) is 5.05. The average Bonchev–Trinajstić information content (AvgIpc) is 2.74. The van der Waals surface area contributed by atoms with Gasteiger partial charge in [0.25, 0.3) is 0 Å². The van der Waals surface area contributed by atoms with Gasteiger partial charge in [0.05, 0.1) is 6.04 Å². The fourth-order valence-electron chi connectivity index (χ4n) is 4.95. The van der Waals surface area contributed by atoms with Gasteiger partial charge in [-0.3, -0.25) is 9.69 Å². The van der Waals surface area contributed by atoms with Crippen molar-refractivity contribution in [3.05, 3.63) is 88.4 Å². The van der Waals surface area contributed by atoms with Gasteiger partial charge in [-0.1, -0.05) is 35.9 Å². The molecule has 0 saturated carbocycles. The number of nitrogens with one attached hydrogen (secondary N) is 2. The van der Waals surface area contributed by atoms with Crippen LogP contribution in [0.25, 0.3) is 0 Å². The maximum atomic E-state index is 13.7. The Morgan fingerprint density at radius 1 is 1.06 bits per heavy atom. The zero-order valence-electron chi connectivity index (χ0n) is 18.6. The largest absolute Gasteiger partial charge is 0.466 e. The topological polar surface area (TPSA) is 70.7 Å². The number of fused-ring (bicyclic) bond motifs is 4. The first-order valence-electron chi connectivity index (χ1n) is 10.8. The number of urea groups is 1. The minimum atomic E-state index is -1.25. The van der Waals surface area contributed by atoms with E-state index in [1.54, 1.807) is 36.1 Å². The number of hydrogen-bond donors (Lipinski definition) is 2. The van der Waals surface area contributed by atoms with Crippen molar-refractivity contribution in [1.82, 2.24) is 5.32 Å². The van der Waals surface area contributed by atoms with Gasteiger partial charge in [-0.05, 0) is 74.4 Å². The van der Waals surface area contributed by atoms with Crippen LogP contribution in [0.15, 0.2) is 66.7 Å². The number of benzene rings is 3.